The van der Waals surface area contributed by atoms with Gasteiger partial charge in [0.2, 0.25) is 0 Å². The lowest BCUT2D eigenvalue weighted by Gasteiger charge is -2.32. The summed E-state index contributed by atoms with van der Waals surface area (Å²) < 4.78 is 60.4. The first-order chi connectivity index (χ1) is 9.70. The van der Waals surface area contributed by atoms with Crippen molar-refractivity contribution in [1.29, 1.82) is 0 Å². The number of aromatic nitrogens is 1. The molecular formula is C12H16F3N3O2S. The molecule has 1 fully saturated rings. The fraction of sp³-hybridized carbons (Fsp3) is 0.583. The van der Waals surface area contributed by atoms with E-state index in [1.807, 2.05) is 13.0 Å². The van der Waals surface area contributed by atoms with Gasteiger partial charge in [-0.15, -0.1) is 0 Å². The number of anilines is 1. The Labute approximate surface area is 121 Å². The number of hydrogen-bond donors (Lipinski definition) is 1. The van der Waals surface area contributed by atoms with Crippen molar-refractivity contribution in [3.05, 3.63) is 24.0 Å². The number of hydrogen-bond acceptors (Lipinski definition) is 4. The average Bonchev–Trinajstić information content (AvgIpc) is 2.38. The second-order valence-electron chi connectivity index (χ2n) is 4.95. The monoisotopic (exact) mass is 323 g/mol. The van der Waals surface area contributed by atoms with Crippen LogP contribution in [0.15, 0.2) is 18.3 Å². The van der Waals surface area contributed by atoms with Gasteiger partial charge in [-0.05, 0) is 31.9 Å². The zero-order chi connectivity index (χ0) is 15.7. The Morgan fingerprint density at radius 2 is 1.95 bits per heavy atom. The standard InChI is InChI=1S/C12H16F3N3O2S/c1-9-8-11(2-5-16-9)17-10-3-6-18(7-4-10)21(19,20)12(13,14)15/h2,5,8,10H,3-4,6-7H2,1H3,(H,16,17). The SMILES string of the molecule is Cc1cc(NC2CCN(S(=O)(=O)C(F)(F)F)CC2)ccn1. The van der Waals surface area contributed by atoms with Gasteiger partial charge in [0.15, 0.2) is 0 Å². The highest BCUT2D eigenvalue weighted by atomic mass is 32.2. The van der Waals surface area contributed by atoms with Gasteiger partial charge in [-0.1, -0.05) is 0 Å². The van der Waals surface area contributed by atoms with Crippen LogP contribution in [0.4, 0.5) is 18.9 Å². The quantitative estimate of drug-likeness (QED) is 0.925. The number of rotatable bonds is 3. The van der Waals surface area contributed by atoms with Crippen molar-refractivity contribution < 1.29 is 21.6 Å². The maximum atomic E-state index is 12.5. The van der Waals surface area contributed by atoms with Gasteiger partial charge in [-0.25, -0.2) is 8.42 Å². The number of pyridine rings is 1. The second-order valence-corrected chi connectivity index (χ2v) is 6.88. The molecule has 1 aliphatic rings. The molecule has 1 saturated heterocycles. The highest BCUT2D eigenvalue weighted by Gasteiger charge is 2.50. The second kappa shape index (κ2) is 5.80. The van der Waals surface area contributed by atoms with Crippen LogP contribution in [0.3, 0.4) is 0 Å². The Kier molecular flexibility index (Phi) is 4.43. The van der Waals surface area contributed by atoms with Gasteiger partial charge in [0.05, 0.1) is 0 Å². The van der Waals surface area contributed by atoms with Gasteiger partial charge >= 0.3 is 15.5 Å². The van der Waals surface area contributed by atoms with Crippen molar-refractivity contribution in [2.75, 3.05) is 18.4 Å². The minimum Gasteiger partial charge on any atom is -0.382 e. The molecule has 0 atom stereocenters. The molecule has 0 radical (unpaired) electrons. The molecule has 2 heterocycles. The zero-order valence-electron chi connectivity index (χ0n) is 11.4. The lowest BCUT2D eigenvalue weighted by molar-refractivity contribution is -0.0494. The predicted molar refractivity (Wildman–Crippen MR) is 72.2 cm³/mol. The highest BCUT2D eigenvalue weighted by molar-refractivity contribution is 7.90. The molecule has 5 nitrogen and oxygen atoms in total. The molecule has 0 amide bonds. The van der Waals surface area contributed by atoms with E-state index in [1.165, 1.54) is 0 Å². The van der Waals surface area contributed by atoms with E-state index in [1.54, 1.807) is 12.3 Å². The summed E-state index contributed by atoms with van der Waals surface area (Å²) in [6, 6.07) is 3.55. The number of nitrogens with one attached hydrogen (secondary N) is 1. The van der Waals surface area contributed by atoms with E-state index in [0.29, 0.717) is 17.1 Å². The maximum Gasteiger partial charge on any atom is 0.511 e. The van der Waals surface area contributed by atoms with E-state index >= 15 is 0 Å². The van der Waals surface area contributed by atoms with Crippen molar-refractivity contribution >= 4 is 15.7 Å². The van der Waals surface area contributed by atoms with Crippen LogP contribution < -0.4 is 5.32 Å². The molecule has 0 spiro atoms. The topological polar surface area (TPSA) is 62.3 Å². The fourth-order valence-corrected chi connectivity index (χ4v) is 3.24. The molecule has 118 valence electrons. The summed E-state index contributed by atoms with van der Waals surface area (Å²) >= 11 is 0. The van der Waals surface area contributed by atoms with Gasteiger partial charge < -0.3 is 5.32 Å². The third kappa shape index (κ3) is 3.65. The zero-order valence-corrected chi connectivity index (χ0v) is 12.2. The molecule has 0 aliphatic carbocycles. The smallest absolute Gasteiger partial charge is 0.382 e. The molecule has 0 unspecified atom stereocenters. The summed E-state index contributed by atoms with van der Waals surface area (Å²) in [6.07, 6.45) is 2.30. The van der Waals surface area contributed by atoms with E-state index in [2.05, 4.69) is 10.3 Å². The Morgan fingerprint density at radius 1 is 1.33 bits per heavy atom. The van der Waals surface area contributed by atoms with Crippen molar-refractivity contribution in [2.45, 2.75) is 31.3 Å². The van der Waals surface area contributed by atoms with E-state index in [-0.39, 0.29) is 19.1 Å². The summed E-state index contributed by atoms with van der Waals surface area (Å²) in [7, 11) is -5.21. The Morgan fingerprint density at radius 3 is 2.48 bits per heavy atom. The first kappa shape index (κ1) is 16.0. The molecule has 21 heavy (non-hydrogen) atoms. The van der Waals surface area contributed by atoms with Crippen LogP contribution in [0.5, 0.6) is 0 Å². The summed E-state index contributed by atoms with van der Waals surface area (Å²) in [6.45, 7) is 1.57. The van der Waals surface area contributed by atoms with Crippen LogP contribution in [0, 0.1) is 6.92 Å². The van der Waals surface area contributed by atoms with Crippen molar-refractivity contribution in [3.8, 4) is 0 Å². The molecule has 0 saturated carbocycles. The van der Waals surface area contributed by atoms with Crippen molar-refractivity contribution in [1.82, 2.24) is 9.29 Å². The minimum absolute atomic E-state index is 0.0496. The molecule has 2 rings (SSSR count). The van der Waals surface area contributed by atoms with Crippen LogP contribution in [-0.4, -0.2) is 42.3 Å². The number of piperidine rings is 1. The van der Waals surface area contributed by atoms with Gasteiger partial charge in [0.1, 0.15) is 0 Å². The Hall–Kier alpha value is -1.35. The van der Waals surface area contributed by atoms with E-state index < -0.39 is 15.5 Å². The molecule has 1 N–H and O–H groups in total. The van der Waals surface area contributed by atoms with Crippen LogP contribution in [0.25, 0.3) is 0 Å². The van der Waals surface area contributed by atoms with Crippen molar-refractivity contribution in [3.63, 3.8) is 0 Å². The Bertz CT molecular complexity index is 596. The first-order valence-corrected chi connectivity index (χ1v) is 7.90. The maximum absolute atomic E-state index is 12.5. The van der Waals surface area contributed by atoms with Crippen LogP contribution >= 0.6 is 0 Å². The molecule has 1 aromatic rings. The minimum atomic E-state index is -5.23. The fourth-order valence-electron chi connectivity index (χ4n) is 2.26. The van der Waals surface area contributed by atoms with Crippen LogP contribution in [-0.2, 0) is 10.0 Å². The van der Waals surface area contributed by atoms with Gasteiger partial charge in [-0.2, -0.15) is 17.5 Å². The molecular weight excluding hydrogens is 307 g/mol. The molecule has 0 bridgehead atoms. The number of halogens is 3. The summed E-state index contributed by atoms with van der Waals surface area (Å²) in [4.78, 5) is 4.05. The van der Waals surface area contributed by atoms with Crippen molar-refractivity contribution in [2.24, 2.45) is 0 Å². The Balaban J connectivity index is 1.95. The first-order valence-electron chi connectivity index (χ1n) is 6.46. The summed E-state index contributed by atoms with van der Waals surface area (Å²) in [5.41, 5.74) is -3.56. The number of sulfonamides is 1. The number of alkyl halides is 3. The van der Waals surface area contributed by atoms with Gasteiger partial charge in [-0.3, -0.25) is 4.98 Å². The normalized spacial score (nSPS) is 18.7. The molecule has 1 aromatic heterocycles. The lowest BCUT2D eigenvalue weighted by Crippen LogP contribution is -2.47. The van der Waals surface area contributed by atoms with E-state index in [0.717, 1.165) is 11.4 Å². The van der Waals surface area contributed by atoms with Gasteiger partial charge in [0, 0.05) is 36.7 Å². The van der Waals surface area contributed by atoms with E-state index in [4.69, 9.17) is 0 Å². The van der Waals surface area contributed by atoms with E-state index in [9.17, 15) is 21.6 Å². The third-order valence-electron chi connectivity index (χ3n) is 3.35. The summed E-state index contributed by atoms with van der Waals surface area (Å²) in [5.74, 6) is 0. The predicted octanol–water partition coefficient (Wildman–Crippen LogP) is 2.12. The molecule has 1 aliphatic heterocycles. The molecule has 9 heteroatoms. The highest BCUT2D eigenvalue weighted by Crippen LogP contribution is 2.29. The number of aryl methyl sites for hydroxylation is 1. The third-order valence-corrected chi connectivity index (χ3v) is 4.98. The largest absolute Gasteiger partial charge is 0.511 e. The number of nitrogens with zero attached hydrogens (tertiary/aromatic N) is 2. The van der Waals surface area contributed by atoms with Crippen LogP contribution in [0.2, 0.25) is 0 Å². The lowest BCUT2D eigenvalue weighted by atomic mass is 10.1. The molecule has 0 aromatic carbocycles. The average molecular weight is 323 g/mol. The van der Waals surface area contributed by atoms with Crippen LogP contribution in [0.1, 0.15) is 18.5 Å². The summed E-state index contributed by atoms with van der Waals surface area (Å²) in [5, 5.41) is 3.19. The van der Waals surface area contributed by atoms with Gasteiger partial charge in [0.25, 0.3) is 0 Å².